The summed E-state index contributed by atoms with van der Waals surface area (Å²) in [6.07, 6.45) is 1.70. The van der Waals surface area contributed by atoms with E-state index >= 15 is 0 Å². The van der Waals surface area contributed by atoms with E-state index in [1.807, 2.05) is 78.9 Å². The molecule has 5 heteroatoms. The van der Waals surface area contributed by atoms with E-state index in [1.165, 1.54) is 0 Å². The van der Waals surface area contributed by atoms with E-state index in [1.54, 1.807) is 6.08 Å². The van der Waals surface area contributed by atoms with Gasteiger partial charge in [0.25, 0.3) is 0 Å². The fourth-order valence-corrected chi connectivity index (χ4v) is 2.98. The molecule has 0 fully saturated rings. The van der Waals surface area contributed by atoms with Gasteiger partial charge in [-0.2, -0.15) is 0 Å². The third kappa shape index (κ3) is 4.38. The van der Waals surface area contributed by atoms with Crippen LogP contribution in [0.5, 0.6) is 5.75 Å². The Morgan fingerprint density at radius 1 is 0.964 bits per heavy atom. The molecule has 1 aliphatic heterocycles. The number of cyclic esters (lactones) is 1. The van der Waals surface area contributed by atoms with E-state index < -0.39 is 5.97 Å². The molecule has 0 atom stereocenters. The van der Waals surface area contributed by atoms with Gasteiger partial charge in [0.05, 0.1) is 0 Å². The third-order valence-corrected chi connectivity index (χ3v) is 4.65. The van der Waals surface area contributed by atoms with Gasteiger partial charge in [0.15, 0.2) is 5.70 Å². The number of halogens is 1. The number of benzene rings is 3. The summed E-state index contributed by atoms with van der Waals surface area (Å²) in [6.45, 7) is 0.481. The molecule has 0 saturated carbocycles. The average molecular weight is 434 g/mol. The topological polar surface area (TPSA) is 47.9 Å². The zero-order chi connectivity index (χ0) is 19.3. The highest BCUT2D eigenvalue weighted by Crippen LogP contribution is 2.22. The van der Waals surface area contributed by atoms with Crippen molar-refractivity contribution in [3.8, 4) is 5.75 Å². The van der Waals surface area contributed by atoms with E-state index in [9.17, 15) is 4.79 Å². The Labute approximate surface area is 171 Å². The Bertz CT molecular complexity index is 1060. The molecule has 4 rings (SSSR count). The fraction of sp³-hybridized carbons (Fsp3) is 0.0435. The minimum absolute atomic E-state index is 0.262. The van der Waals surface area contributed by atoms with Crippen LogP contribution in [0.2, 0.25) is 0 Å². The summed E-state index contributed by atoms with van der Waals surface area (Å²) >= 11 is 3.39. The second-order valence-corrected chi connectivity index (χ2v) is 7.11. The number of hydrogen-bond donors (Lipinski definition) is 0. The lowest BCUT2D eigenvalue weighted by Crippen LogP contribution is -2.05. The molecule has 0 radical (unpaired) electrons. The number of nitrogens with zero attached hydrogens (tertiary/aromatic N) is 1. The molecule has 1 heterocycles. The van der Waals surface area contributed by atoms with Gasteiger partial charge < -0.3 is 9.47 Å². The van der Waals surface area contributed by atoms with Crippen LogP contribution in [-0.4, -0.2) is 11.9 Å². The molecule has 0 bridgehead atoms. The van der Waals surface area contributed by atoms with Crippen LogP contribution in [0.4, 0.5) is 0 Å². The minimum Gasteiger partial charge on any atom is -0.489 e. The highest BCUT2D eigenvalue weighted by atomic mass is 79.9. The lowest BCUT2D eigenvalue weighted by molar-refractivity contribution is -0.129. The van der Waals surface area contributed by atoms with Crippen LogP contribution in [-0.2, 0) is 16.1 Å². The Kier molecular flexibility index (Phi) is 5.35. The molecule has 4 nitrogen and oxygen atoms in total. The molecular formula is C23H16BrNO3. The summed E-state index contributed by atoms with van der Waals surface area (Å²) < 4.78 is 12.1. The van der Waals surface area contributed by atoms with Crippen molar-refractivity contribution in [3.05, 3.63) is 106 Å². The normalized spacial score (nSPS) is 14.7. The van der Waals surface area contributed by atoms with Crippen molar-refractivity contribution in [2.24, 2.45) is 4.99 Å². The summed E-state index contributed by atoms with van der Waals surface area (Å²) in [5.74, 6) is 0.565. The molecule has 0 spiro atoms. The van der Waals surface area contributed by atoms with Crippen molar-refractivity contribution in [3.63, 3.8) is 0 Å². The molecule has 0 N–H and O–H groups in total. The average Bonchev–Trinajstić information content (AvgIpc) is 3.08. The smallest absolute Gasteiger partial charge is 0.363 e. The largest absolute Gasteiger partial charge is 0.489 e. The van der Waals surface area contributed by atoms with Gasteiger partial charge in [-0.3, -0.25) is 0 Å². The van der Waals surface area contributed by atoms with Crippen LogP contribution >= 0.6 is 15.9 Å². The summed E-state index contributed by atoms with van der Waals surface area (Å²) in [4.78, 5) is 16.5. The van der Waals surface area contributed by atoms with E-state index in [-0.39, 0.29) is 5.70 Å². The molecule has 1 aliphatic rings. The van der Waals surface area contributed by atoms with E-state index in [4.69, 9.17) is 9.47 Å². The molecule has 3 aromatic carbocycles. The van der Waals surface area contributed by atoms with Gasteiger partial charge in [-0.05, 0) is 53.6 Å². The van der Waals surface area contributed by atoms with Gasteiger partial charge in [-0.25, -0.2) is 9.79 Å². The Balaban J connectivity index is 1.51. The lowest BCUT2D eigenvalue weighted by atomic mass is 10.2. The quantitative estimate of drug-likeness (QED) is 0.401. The molecule has 0 aliphatic carbocycles. The van der Waals surface area contributed by atoms with Gasteiger partial charge >= 0.3 is 5.97 Å². The predicted octanol–water partition coefficient (Wildman–Crippen LogP) is 5.37. The second kappa shape index (κ2) is 8.23. The number of esters is 1. The SMILES string of the molecule is O=C1OC(c2ccc(Br)cc2)=N/C1=C\c1cccc(OCc2ccccc2)c1. The molecule has 3 aromatic rings. The highest BCUT2D eigenvalue weighted by Gasteiger charge is 2.24. The van der Waals surface area contributed by atoms with Crippen LogP contribution in [0.1, 0.15) is 16.7 Å². The monoisotopic (exact) mass is 433 g/mol. The number of hydrogen-bond acceptors (Lipinski definition) is 4. The lowest BCUT2D eigenvalue weighted by Gasteiger charge is -2.07. The maximum absolute atomic E-state index is 12.2. The number of carbonyl (C=O) groups excluding carboxylic acids is 1. The van der Waals surface area contributed by atoms with Crippen LogP contribution in [0, 0.1) is 0 Å². The van der Waals surface area contributed by atoms with E-state index in [2.05, 4.69) is 20.9 Å². The molecular weight excluding hydrogens is 418 g/mol. The van der Waals surface area contributed by atoms with Crippen molar-refractivity contribution in [1.82, 2.24) is 0 Å². The van der Waals surface area contributed by atoms with Crippen molar-refractivity contribution in [2.45, 2.75) is 6.61 Å². The van der Waals surface area contributed by atoms with Crippen molar-refractivity contribution in [1.29, 1.82) is 0 Å². The molecule has 0 amide bonds. The summed E-state index contributed by atoms with van der Waals surface area (Å²) in [6, 6.07) is 24.9. The van der Waals surface area contributed by atoms with Gasteiger partial charge in [-0.1, -0.05) is 58.4 Å². The van der Waals surface area contributed by atoms with Gasteiger partial charge in [0, 0.05) is 10.0 Å². The number of ether oxygens (including phenoxy) is 2. The van der Waals surface area contributed by atoms with Gasteiger partial charge in [-0.15, -0.1) is 0 Å². The molecule has 0 saturated heterocycles. The van der Waals surface area contributed by atoms with E-state index in [0.717, 1.165) is 26.9 Å². The van der Waals surface area contributed by atoms with Crippen LogP contribution in [0.3, 0.4) is 0 Å². The van der Waals surface area contributed by atoms with Crippen LogP contribution < -0.4 is 4.74 Å². The first-order valence-corrected chi connectivity index (χ1v) is 9.52. The maximum Gasteiger partial charge on any atom is 0.363 e. The zero-order valence-electron chi connectivity index (χ0n) is 14.8. The zero-order valence-corrected chi connectivity index (χ0v) is 16.4. The van der Waals surface area contributed by atoms with Crippen LogP contribution in [0.15, 0.2) is 94.0 Å². The number of carbonyl (C=O) groups is 1. The standard InChI is InChI=1S/C23H16BrNO3/c24-19-11-9-18(10-12-19)22-25-21(23(26)28-22)14-17-7-4-8-20(13-17)27-15-16-5-2-1-3-6-16/h1-14H,15H2/b21-14-. The van der Waals surface area contributed by atoms with Gasteiger partial charge in [0.1, 0.15) is 12.4 Å². The predicted molar refractivity (Wildman–Crippen MR) is 112 cm³/mol. The Morgan fingerprint density at radius 2 is 1.75 bits per heavy atom. The van der Waals surface area contributed by atoms with Gasteiger partial charge in [0.2, 0.25) is 5.90 Å². The minimum atomic E-state index is -0.464. The van der Waals surface area contributed by atoms with Crippen LogP contribution in [0.25, 0.3) is 6.08 Å². The highest BCUT2D eigenvalue weighted by molar-refractivity contribution is 9.10. The fourth-order valence-electron chi connectivity index (χ4n) is 2.72. The van der Waals surface area contributed by atoms with E-state index in [0.29, 0.717) is 12.5 Å². The van der Waals surface area contributed by atoms with Crippen molar-refractivity contribution in [2.75, 3.05) is 0 Å². The first-order chi connectivity index (χ1) is 13.7. The molecule has 0 unspecified atom stereocenters. The maximum atomic E-state index is 12.2. The second-order valence-electron chi connectivity index (χ2n) is 6.19. The van der Waals surface area contributed by atoms with Crippen molar-refractivity contribution < 1.29 is 14.3 Å². The first-order valence-electron chi connectivity index (χ1n) is 8.73. The summed E-state index contributed by atoms with van der Waals surface area (Å²) in [5, 5.41) is 0. The third-order valence-electron chi connectivity index (χ3n) is 4.12. The summed E-state index contributed by atoms with van der Waals surface area (Å²) in [5.41, 5.74) is 2.92. The Hall–Kier alpha value is -3.18. The molecule has 0 aromatic heterocycles. The molecule has 138 valence electrons. The first kappa shape index (κ1) is 18.2. The Morgan fingerprint density at radius 3 is 2.54 bits per heavy atom. The number of rotatable bonds is 5. The number of aliphatic imine (C=N–C) groups is 1. The molecule has 28 heavy (non-hydrogen) atoms. The van der Waals surface area contributed by atoms with Crippen molar-refractivity contribution >= 4 is 33.9 Å². The summed E-state index contributed by atoms with van der Waals surface area (Å²) in [7, 11) is 0.